The number of hydrogen-bond acceptors (Lipinski definition) is 4. The molecule has 0 spiro atoms. The highest BCUT2D eigenvalue weighted by Gasteiger charge is 2.32. The molecule has 0 unspecified atom stereocenters. The molecule has 0 aromatic carbocycles. The van der Waals surface area contributed by atoms with Gasteiger partial charge in [-0.3, -0.25) is 4.79 Å². The number of rotatable bonds is 1. The fourth-order valence-corrected chi connectivity index (χ4v) is 2.67. The highest BCUT2D eigenvalue weighted by molar-refractivity contribution is 14.1. The minimum atomic E-state index is -4.43. The van der Waals surface area contributed by atoms with Crippen molar-refractivity contribution in [3.8, 4) is 0 Å². The summed E-state index contributed by atoms with van der Waals surface area (Å²) in [7, 11) is 0. The Morgan fingerprint density at radius 1 is 0.900 bits per heavy atom. The first kappa shape index (κ1) is 26.6. The van der Waals surface area contributed by atoms with Crippen LogP contribution in [0.5, 0.6) is 0 Å². The number of pyridine rings is 2. The first-order valence-electron chi connectivity index (χ1n) is 7.95. The summed E-state index contributed by atoms with van der Waals surface area (Å²) in [5.74, 6) is -0.0419. The molecule has 0 bridgehead atoms. The van der Waals surface area contributed by atoms with Crippen molar-refractivity contribution in [3.63, 3.8) is 0 Å². The number of alkyl halides is 6. The summed E-state index contributed by atoms with van der Waals surface area (Å²) in [5.41, 5.74) is 3.01. The van der Waals surface area contributed by atoms with Gasteiger partial charge in [0, 0.05) is 17.8 Å². The average Bonchev–Trinajstić information content (AvgIpc) is 2.57. The number of nitrogens with one attached hydrogen (secondary N) is 1. The molecule has 0 aliphatic carbocycles. The number of anilines is 2. The molecule has 0 radical (unpaired) electrons. The molecule has 0 atom stereocenters. The Morgan fingerprint density at radius 2 is 1.33 bits per heavy atom. The van der Waals surface area contributed by atoms with Gasteiger partial charge in [0.15, 0.2) is 0 Å². The molecule has 5 nitrogen and oxygen atoms in total. The van der Waals surface area contributed by atoms with E-state index in [-0.39, 0.29) is 21.1 Å². The van der Waals surface area contributed by atoms with Gasteiger partial charge in [-0.15, -0.1) is 0 Å². The van der Waals surface area contributed by atoms with Crippen molar-refractivity contribution in [2.45, 2.75) is 33.1 Å². The van der Waals surface area contributed by atoms with Crippen LogP contribution in [0, 0.1) is 12.6 Å². The number of carbonyl (C=O) groups is 1. The van der Waals surface area contributed by atoms with Crippen LogP contribution in [0.1, 0.15) is 31.9 Å². The van der Waals surface area contributed by atoms with E-state index < -0.39 is 28.9 Å². The predicted octanol–water partition coefficient (Wildman–Crippen LogP) is 5.98. The van der Waals surface area contributed by atoms with Crippen molar-refractivity contribution in [1.82, 2.24) is 9.97 Å². The number of nitrogen functional groups attached to an aromatic ring is 1. The molecule has 2 heterocycles. The zero-order valence-corrected chi connectivity index (χ0v) is 20.0. The minimum Gasteiger partial charge on any atom is -0.383 e. The van der Waals surface area contributed by atoms with Gasteiger partial charge in [0.25, 0.3) is 0 Å². The van der Waals surface area contributed by atoms with Crippen LogP contribution in [-0.2, 0) is 17.1 Å². The van der Waals surface area contributed by atoms with Gasteiger partial charge in [-0.05, 0) is 57.3 Å². The van der Waals surface area contributed by atoms with Crippen molar-refractivity contribution in [3.05, 3.63) is 42.8 Å². The lowest BCUT2D eigenvalue weighted by molar-refractivity contribution is -0.138. The molecule has 13 heteroatoms. The Kier molecular flexibility index (Phi) is 8.73. The van der Waals surface area contributed by atoms with Crippen LogP contribution in [0.15, 0.2) is 24.5 Å². The molecule has 0 aliphatic heterocycles. The van der Waals surface area contributed by atoms with E-state index in [0.717, 1.165) is 18.3 Å². The van der Waals surface area contributed by atoms with Crippen LogP contribution in [0.2, 0.25) is 0 Å². The monoisotopic (exact) mass is 660 g/mol. The lowest BCUT2D eigenvalue weighted by atomic mass is 9.96. The molecule has 2 aromatic heterocycles. The molecular weight excluding hydrogens is 644 g/mol. The van der Waals surface area contributed by atoms with Crippen LogP contribution in [-0.4, -0.2) is 15.9 Å². The maximum absolute atomic E-state index is 12.4. The van der Waals surface area contributed by atoms with Gasteiger partial charge in [0.05, 0.1) is 18.3 Å². The van der Waals surface area contributed by atoms with E-state index in [9.17, 15) is 31.1 Å². The predicted molar refractivity (Wildman–Crippen MR) is 116 cm³/mol. The molecule has 30 heavy (non-hydrogen) atoms. The third-order valence-electron chi connectivity index (χ3n) is 3.28. The maximum atomic E-state index is 12.4. The van der Waals surface area contributed by atoms with Crippen LogP contribution >= 0.6 is 45.2 Å². The normalized spacial score (nSPS) is 12.1. The van der Waals surface area contributed by atoms with Gasteiger partial charge in [0.1, 0.15) is 11.6 Å². The Hall–Kier alpha value is -1.39. The zero-order chi connectivity index (χ0) is 23.5. The molecule has 0 saturated heterocycles. The second-order valence-corrected chi connectivity index (χ2v) is 9.17. The van der Waals surface area contributed by atoms with Crippen LogP contribution in [0.25, 0.3) is 0 Å². The van der Waals surface area contributed by atoms with Crippen LogP contribution in [0.4, 0.5) is 38.0 Å². The van der Waals surface area contributed by atoms with Gasteiger partial charge in [0.2, 0.25) is 5.91 Å². The van der Waals surface area contributed by atoms with Crippen LogP contribution in [0.3, 0.4) is 0 Å². The Balaban J connectivity index is 0.000000325. The first-order chi connectivity index (χ1) is 13.4. The number of nitrogens with zero attached hydrogens (tertiary/aromatic N) is 2. The number of halogens is 8. The Bertz CT molecular complexity index is 911. The Morgan fingerprint density at radius 3 is 1.70 bits per heavy atom. The minimum absolute atomic E-state index is 0.114. The van der Waals surface area contributed by atoms with Crippen molar-refractivity contribution in [2.75, 3.05) is 11.1 Å². The number of amides is 1. The van der Waals surface area contributed by atoms with E-state index in [1.54, 1.807) is 66.0 Å². The summed E-state index contributed by atoms with van der Waals surface area (Å²) in [4.78, 5) is 18.7. The molecule has 0 fully saturated rings. The number of hydrogen-bond donors (Lipinski definition) is 2. The highest BCUT2D eigenvalue weighted by Crippen LogP contribution is 2.32. The van der Waals surface area contributed by atoms with Crippen molar-refractivity contribution in [2.24, 2.45) is 5.41 Å². The fraction of sp³-hybridized carbons (Fsp3) is 0.353. The van der Waals surface area contributed by atoms with Gasteiger partial charge in [-0.25, -0.2) is 9.97 Å². The molecule has 166 valence electrons. The lowest BCUT2D eigenvalue weighted by Crippen LogP contribution is -2.28. The molecule has 3 N–H and O–H groups in total. The molecule has 2 aromatic rings. The first-order valence-corrected chi connectivity index (χ1v) is 10.1. The summed E-state index contributed by atoms with van der Waals surface area (Å²) in [6, 6.07) is 1.91. The van der Waals surface area contributed by atoms with Gasteiger partial charge >= 0.3 is 12.4 Å². The summed E-state index contributed by atoms with van der Waals surface area (Å²) in [6.07, 6.45) is -7.35. The summed E-state index contributed by atoms with van der Waals surface area (Å²) in [6.45, 7) is 5.12. The quantitative estimate of drug-likeness (QED) is 0.292. The molecular formula is C17H16F6I2N4O. The Labute approximate surface area is 195 Å². The fourth-order valence-electron chi connectivity index (χ4n) is 1.58. The SMILES string of the molecule is CC(C)(C)C(=O)Nc1ncc(C(F)(F)F)cc1I.Nc1ncc(C(F)(F)F)cc1I. The highest BCUT2D eigenvalue weighted by atomic mass is 127. The molecule has 1 amide bonds. The largest absolute Gasteiger partial charge is 0.417 e. The summed E-state index contributed by atoms with van der Waals surface area (Å²) in [5, 5.41) is 2.50. The number of carbonyl (C=O) groups excluding carboxylic acids is 1. The molecule has 0 aliphatic rings. The van der Waals surface area contributed by atoms with Gasteiger partial charge in [-0.2, -0.15) is 26.3 Å². The molecule has 2 rings (SSSR count). The average molecular weight is 660 g/mol. The zero-order valence-electron chi connectivity index (χ0n) is 15.7. The van der Waals surface area contributed by atoms with E-state index in [0.29, 0.717) is 9.77 Å². The second-order valence-electron chi connectivity index (χ2n) is 6.85. The van der Waals surface area contributed by atoms with E-state index >= 15 is 0 Å². The third-order valence-corrected chi connectivity index (χ3v) is 4.96. The van der Waals surface area contributed by atoms with Crippen molar-refractivity contribution in [1.29, 1.82) is 0 Å². The van der Waals surface area contributed by atoms with Gasteiger partial charge in [-0.1, -0.05) is 20.8 Å². The lowest BCUT2D eigenvalue weighted by Gasteiger charge is -2.18. The maximum Gasteiger partial charge on any atom is 0.417 e. The number of aromatic nitrogens is 2. The smallest absolute Gasteiger partial charge is 0.383 e. The van der Waals surface area contributed by atoms with Crippen LogP contribution < -0.4 is 11.1 Å². The second kappa shape index (κ2) is 9.82. The van der Waals surface area contributed by atoms with Gasteiger partial charge < -0.3 is 11.1 Å². The topological polar surface area (TPSA) is 80.9 Å². The summed E-state index contributed by atoms with van der Waals surface area (Å²) < 4.78 is 73.9. The van der Waals surface area contributed by atoms with Crippen molar-refractivity contribution >= 4 is 62.7 Å². The third kappa shape index (κ3) is 8.03. The summed E-state index contributed by atoms with van der Waals surface area (Å²) >= 11 is 3.41. The van der Waals surface area contributed by atoms with E-state index in [1.165, 1.54) is 0 Å². The van der Waals surface area contributed by atoms with Crippen molar-refractivity contribution < 1.29 is 31.1 Å². The van der Waals surface area contributed by atoms with E-state index in [4.69, 9.17) is 5.73 Å². The van der Waals surface area contributed by atoms with E-state index in [2.05, 4.69) is 15.3 Å². The van der Waals surface area contributed by atoms with E-state index in [1.807, 2.05) is 0 Å². The molecule has 0 saturated carbocycles. The number of nitrogens with two attached hydrogens (primary N) is 1. The standard InChI is InChI=1S/C11H12F3IN2O.C6H4F3IN2/c1-10(2,3)9(18)17-8-7(15)4-6(5-16-8)11(12,13)14;7-6(8,9)3-1-4(10)5(11)12-2-3/h4-5H,1-3H3,(H,16,17,18);1-2H,(H2,11,12).